The molecule has 2 rings (SSSR count). The summed E-state index contributed by atoms with van der Waals surface area (Å²) in [4.78, 5) is 4.50. The lowest BCUT2D eigenvalue weighted by Crippen LogP contribution is -2.36. The molecular formula is C14H25N3O2. The molecule has 19 heavy (non-hydrogen) atoms. The second-order valence-corrected chi connectivity index (χ2v) is 6.72. The second kappa shape index (κ2) is 4.87. The van der Waals surface area contributed by atoms with Crippen molar-refractivity contribution in [3.05, 3.63) is 11.7 Å². The van der Waals surface area contributed by atoms with Gasteiger partial charge in [-0.15, -0.1) is 0 Å². The Balaban J connectivity index is 2.23. The summed E-state index contributed by atoms with van der Waals surface area (Å²) in [7, 11) is 0. The van der Waals surface area contributed by atoms with Gasteiger partial charge in [-0.25, -0.2) is 0 Å². The Hall–Kier alpha value is -0.940. The first kappa shape index (κ1) is 14.5. The molecule has 108 valence electrons. The molecule has 1 aliphatic carbocycles. The zero-order chi connectivity index (χ0) is 14.3. The van der Waals surface area contributed by atoms with Crippen LogP contribution in [0.2, 0.25) is 0 Å². The third-order valence-electron chi connectivity index (χ3n) is 3.68. The van der Waals surface area contributed by atoms with Crippen molar-refractivity contribution in [2.24, 2.45) is 17.1 Å². The molecule has 1 saturated carbocycles. The lowest BCUT2D eigenvalue weighted by atomic mass is 9.88. The van der Waals surface area contributed by atoms with Crippen molar-refractivity contribution < 1.29 is 9.26 Å². The van der Waals surface area contributed by atoms with Gasteiger partial charge in [0.15, 0.2) is 0 Å². The Morgan fingerprint density at radius 3 is 2.47 bits per heavy atom. The molecule has 1 aromatic rings. The van der Waals surface area contributed by atoms with E-state index in [1.54, 1.807) is 0 Å². The summed E-state index contributed by atoms with van der Waals surface area (Å²) in [5.74, 6) is 1.58. The molecule has 0 spiro atoms. The predicted molar refractivity (Wildman–Crippen MR) is 72.4 cm³/mol. The van der Waals surface area contributed by atoms with Gasteiger partial charge < -0.3 is 15.0 Å². The van der Waals surface area contributed by atoms with Crippen molar-refractivity contribution in [2.75, 3.05) is 6.61 Å². The van der Waals surface area contributed by atoms with Crippen molar-refractivity contribution in [1.82, 2.24) is 10.1 Å². The van der Waals surface area contributed by atoms with Crippen molar-refractivity contribution in [2.45, 2.75) is 59.1 Å². The summed E-state index contributed by atoms with van der Waals surface area (Å²) in [5, 5.41) is 4.09. The second-order valence-electron chi connectivity index (χ2n) is 6.72. The van der Waals surface area contributed by atoms with Crippen LogP contribution in [0.25, 0.3) is 0 Å². The van der Waals surface area contributed by atoms with Crippen molar-refractivity contribution in [3.8, 4) is 0 Å². The van der Waals surface area contributed by atoms with E-state index in [9.17, 15) is 0 Å². The standard InChI is InChI=1S/C14H25N3O2/c1-6-18-10(13(2,3)4)11-16-12(19-17-11)14(5,15)9-7-8-9/h9-10H,6-8,15H2,1-5H3. The molecule has 2 atom stereocenters. The van der Waals surface area contributed by atoms with Crippen LogP contribution in [0.3, 0.4) is 0 Å². The summed E-state index contributed by atoms with van der Waals surface area (Å²) < 4.78 is 11.2. The first-order valence-corrected chi connectivity index (χ1v) is 7.01. The topological polar surface area (TPSA) is 74.2 Å². The van der Waals surface area contributed by atoms with E-state index >= 15 is 0 Å². The molecule has 0 aromatic carbocycles. The zero-order valence-corrected chi connectivity index (χ0v) is 12.6. The van der Waals surface area contributed by atoms with E-state index in [-0.39, 0.29) is 11.5 Å². The van der Waals surface area contributed by atoms with E-state index in [1.165, 1.54) is 0 Å². The average molecular weight is 267 g/mol. The molecule has 1 fully saturated rings. The van der Waals surface area contributed by atoms with Gasteiger partial charge in [0.05, 0.1) is 5.54 Å². The maximum Gasteiger partial charge on any atom is 0.246 e. The maximum absolute atomic E-state index is 6.30. The number of rotatable bonds is 5. The van der Waals surface area contributed by atoms with Crippen molar-refractivity contribution >= 4 is 0 Å². The number of ether oxygens (including phenoxy) is 1. The number of hydrogen-bond donors (Lipinski definition) is 1. The first-order valence-electron chi connectivity index (χ1n) is 7.01. The highest BCUT2D eigenvalue weighted by atomic mass is 16.5. The predicted octanol–water partition coefficient (Wildman–Crippen LogP) is 2.78. The summed E-state index contributed by atoms with van der Waals surface area (Å²) in [5.41, 5.74) is 5.71. The van der Waals surface area contributed by atoms with Crippen LogP contribution in [0.1, 0.15) is 65.3 Å². The highest BCUT2D eigenvalue weighted by Gasteiger charge is 2.44. The van der Waals surface area contributed by atoms with Crippen LogP contribution in [0, 0.1) is 11.3 Å². The quantitative estimate of drug-likeness (QED) is 0.888. The summed E-state index contributed by atoms with van der Waals surface area (Å²) in [6.45, 7) is 10.9. The van der Waals surface area contributed by atoms with Crippen LogP contribution in [0.5, 0.6) is 0 Å². The molecule has 1 aromatic heterocycles. The molecule has 1 aliphatic rings. The maximum atomic E-state index is 6.30. The fourth-order valence-corrected chi connectivity index (χ4v) is 2.30. The van der Waals surface area contributed by atoms with E-state index in [0.717, 1.165) is 12.8 Å². The Morgan fingerprint density at radius 2 is 2.00 bits per heavy atom. The van der Waals surface area contributed by atoms with Crippen LogP contribution in [-0.4, -0.2) is 16.7 Å². The van der Waals surface area contributed by atoms with Crippen LogP contribution in [-0.2, 0) is 10.3 Å². The molecule has 1 heterocycles. The van der Waals surface area contributed by atoms with E-state index in [2.05, 4.69) is 30.9 Å². The lowest BCUT2D eigenvalue weighted by Gasteiger charge is -2.27. The van der Waals surface area contributed by atoms with Gasteiger partial charge >= 0.3 is 0 Å². The van der Waals surface area contributed by atoms with Gasteiger partial charge in [0.25, 0.3) is 0 Å². The molecule has 2 N–H and O–H groups in total. The zero-order valence-electron chi connectivity index (χ0n) is 12.6. The smallest absolute Gasteiger partial charge is 0.246 e. The van der Waals surface area contributed by atoms with Crippen LogP contribution < -0.4 is 5.73 Å². The Labute approximate surface area is 114 Å². The number of nitrogens with zero attached hydrogens (tertiary/aromatic N) is 2. The molecule has 5 heteroatoms. The number of aromatic nitrogens is 2. The highest BCUT2D eigenvalue weighted by molar-refractivity contribution is 5.08. The Kier molecular flexibility index (Phi) is 3.71. The molecule has 0 bridgehead atoms. The minimum atomic E-state index is -0.514. The highest BCUT2D eigenvalue weighted by Crippen LogP contribution is 2.44. The molecule has 0 radical (unpaired) electrons. The summed E-state index contributed by atoms with van der Waals surface area (Å²) >= 11 is 0. The molecule has 0 amide bonds. The number of nitrogens with two attached hydrogens (primary N) is 1. The molecule has 2 unspecified atom stereocenters. The van der Waals surface area contributed by atoms with Crippen LogP contribution in [0.15, 0.2) is 4.52 Å². The minimum Gasteiger partial charge on any atom is -0.370 e. The van der Waals surface area contributed by atoms with E-state index in [4.69, 9.17) is 15.0 Å². The van der Waals surface area contributed by atoms with Crippen LogP contribution in [0.4, 0.5) is 0 Å². The summed E-state index contributed by atoms with van der Waals surface area (Å²) in [6.07, 6.45) is 2.10. The minimum absolute atomic E-state index is 0.0816. The third kappa shape index (κ3) is 2.98. The van der Waals surface area contributed by atoms with Crippen molar-refractivity contribution in [1.29, 1.82) is 0 Å². The SMILES string of the molecule is CCOC(c1noc(C(C)(N)C2CC2)n1)C(C)(C)C. The van der Waals surface area contributed by atoms with E-state index < -0.39 is 5.54 Å². The van der Waals surface area contributed by atoms with Gasteiger partial charge in [0, 0.05) is 6.61 Å². The van der Waals surface area contributed by atoms with Crippen LogP contribution >= 0.6 is 0 Å². The average Bonchev–Trinajstić information content (AvgIpc) is 3.04. The third-order valence-corrected chi connectivity index (χ3v) is 3.68. The van der Waals surface area contributed by atoms with E-state index in [0.29, 0.717) is 24.2 Å². The van der Waals surface area contributed by atoms with Crippen molar-refractivity contribution in [3.63, 3.8) is 0 Å². The fourth-order valence-electron chi connectivity index (χ4n) is 2.30. The monoisotopic (exact) mass is 267 g/mol. The lowest BCUT2D eigenvalue weighted by molar-refractivity contribution is -0.0203. The van der Waals surface area contributed by atoms with Gasteiger partial charge in [-0.05, 0) is 38.0 Å². The molecule has 0 saturated heterocycles. The van der Waals surface area contributed by atoms with Gasteiger partial charge in [-0.2, -0.15) is 4.98 Å². The van der Waals surface area contributed by atoms with Gasteiger partial charge in [0.1, 0.15) is 6.10 Å². The normalized spacial score (nSPS) is 21.2. The van der Waals surface area contributed by atoms with Gasteiger partial charge in [-0.1, -0.05) is 25.9 Å². The Morgan fingerprint density at radius 1 is 1.37 bits per heavy atom. The van der Waals surface area contributed by atoms with Gasteiger partial charge in [0.2, 0.25) is 11.7 Å². The first-order chi connectivity index (χ1) is 8.76. The summed E-state index contributed by atoms with van der Waals surface area (Å²) in [6, 6.07) is 0. The molecule has 5 nitrogen and oxygen atoms in total. The largest absolute Gasteiger partial charge is 0.370 e. The fraction of sp³-hybridized carbons (Fsp3) is 0.857. The molecule has 0 aliphatic heterocycles. The van der Waals surface area contributed by atoms with Gasteiger partial charge in [-0.3, -0.25) is 0 Å². The Bertz CT molecular complexity index is 430. The van der Waals surface area contributed by atoms with E-state index in [1.807, 2.05) is 13.8 Å². The number of hydrogen-bond acceptors (Lipinski definition) is 5. The molecular weight excluding hydrogens is 242 g/mol.